The van der Waals surface area contributed by atoms with E-state index < -0.39 is 0 Å². The predicted octanol–water partition coefficient (Wildman–Crippen LogP) is 0.791. The largest absolute Gasteiger partial charge is 0.508 e. The Labute approximate surface area is 116 Å². The van der Waals surface area contributed by atoms with Crippen LogP contribution in [0.4, 0.5) is 0 Å². The maximum Gasteiger partial charge on any atom is 0.254 e. The van der Waals surface area contributed by atoms with Crippen molar-refractivity contribution in [2.45, 2.75) is 25.8 Å². The molecule has 2 aliphatic heterocycles. The molecule has 6 nitrogen and oxygen atoms in total. The van der Waals surface area contributed by atoms with E-state index in [1.807, 2.05) is 0 Å². The van der Waals surface area contributed by atoms with Crippen LogP contribution in [-0.2, 0) is 16.1 Å². The Morgan fingerprint density at radius 1 is 1.15 bits per heavy atom. The highest BCUT2D eigenvalue weighted by molar-refractivity contribution is 5.99. The van der Waals surface area contributed by atoms with E-state index in [9.17, 15) is 19.5 Å². The third-order valence-corrected chi connectivity index (χ3v) is 3.21. The van der Waals surface area contributed by atoms with E-state index >= 15 is 0 Å². The third-order valence-electron chi connectivity index (χ3n) is 3.21. The molecule has 6 heteroatoms. The molecular formula is C14H16N2O4. The van der Waals surface area contributed by atoms with Gasteiger partial charge in [-0.15, -0.1) is 0 Å². The quantitative estimate of drug-likeness (QED) is 0.686. The molecule has 2 heterocycles. The summed E-state index contributed by atoms with van der Waals surface area (Å²) in [6, 6.07) is 5.03. The molecule has 106 valence electrons. The number of benzene rings is 1. The SMILES string of the molecule is CN1Cc2c(O)cccc2C1=O.O=C1CCCC(=O)N1. The van der Waals surface area contributed by atoms with Gasteiger partial charge in [0.2, 0.25) is 11.8 Å². The van der Waals surface area contributed by atoms with Gasteiger partial charge in [-0.3, -0.25) is 19.7 Å². The summed E-state index contributed by atoms with van der Waals surface area (Å²) in [4.78, 5) is 33.6. The van der Waals surface area contributed by atoms with Crippen LogP contribution in [-0.4, -0.2) is 34.8 Å². The molecule has 1 aromatic rings. The molecule has 0 atom stereocenters. The lowest BCUT2D eigenvalue weighted by atomic mass is 10.1. The number of fused-ring (bicyclic) bond motifs is 1. The van der Waals surface area contributed by atoms with Gasteiger partial charge in [0.1, 0.15) is 5.75 Å². The first-order valence-electron chi connectivity index (χ1n) is 6.38. The summed E-state index contributed by atoms with van der Waals surface area (Å²) in [7, 11) is 1.72. The fourth-order valence-electron chi connectivity index (χ4n) is 2.15. The first kappa shape index (κ1) is 14.0. The molecule has 0 spiro atoms. The highest BCUT2D eigenvalue weighted by Crippen LogP contribution is 2.28. The number of piperidine rings is 1. The fraction of sp³-hybridized carbons (Fsp3) is 0.357. The zero-order chi connectivity index (χ0) is 14.7. The number of nitrogens with zero attached hydrogens (tertiary/aromatic N) is 1. The van der Waals surface area contributed by atoms with Gasteiger partial charge in [0.15, 0.2) is 0 Å². The van der Waals surface area contributed by atoms with E-state index in [2.05, 4.69) is 5.32 Å². The fourth-order valence-corrected chi connectivity index (χ4v) is 2.15. The molecule has 0 aliphatic carbocycles. The lowest BCUT2D eigenvalue weighted by Crippen LogP contribution is -2.33. The number of carbonyl (C=O) groups is 3. The molecule has 1 aromatic carbocycles. The zero-order valence-corrected chi connectivity index (χ0v) is 11.2. The standard InChI is InChI=1S/C9H9NO2.C5H7NO2/c1-10-5-7-6(9(10)12)3-2-4-8(7)11;7-4-2-1-3-5(8)6-4/h2-4,11H,5H2,1H3;1-3H2,(H,6,7,8). The highest BCUT2D eigenvalue weighted by atomic mass is 16.3. The predicted molar refractivity (Wildman–Crippen MR) is 70.9 cm³/mol. The first-order valence-corrected chi connectivity index (χ1v) is 6.38. The molecular weight excluding hydrogens is 260 g/mol. The van der Waals surface area contributed by atoms with Crippen molar-refractivity contribution >= 4 is 17.7 Å². The highest BCUT2D eigenvalue weighted by Gasteiger charge is 2.25. The number of amides is 3. The average molecular weight is 276 g/mol. The average Bonchev–Trinajstić information content (AvgIpc) is 2.68. The Morgan fingerprint density at radius 3 is 2.30 bits per heavy atom. The molecule has 0 aromatic heterocycles. The molecule has 0 radical (unpaired) electrons. The van der Waals surface area contributed by atoms with E-state index in [0.29, 0.717) is 31.4 Å². The lowest BCUT2D eigenvalue weighted by Gasteiger charge is -2.07. The van der Waals surface area contributed by atoms with Crippen LogP contribution in [0.2, 0.25) is 0 Å². The maximum absolute atomic E-state index is 11.4. The number of imide groups is 1. The Morgan fingerprint density at radius 2 is 1.80 bits per heavy atom. The Hall–Kier alpha value is -2.37. The Kier molecular flexibility index (Phi) is 4.02. The van der Waals surface area contributed by atoms with Gasteiger partial charge >= 0.3 is 0 Å². The molecule has 0 saturated carbocycles. The van der Waals surface area contributed by atoms with Gasteiger partial charge in [0.25, 0.3) is 5.91 Å². The maximum atomic E-state index is 11.4. The van der Waals surface area contributed by atoms with Gasteiger partial charge in [-0.05, 0) is 18.6 Å². The van der Waals surface area contributed by atoms with Crippen LogP contribution in [0.15, 0.2) is 18.2 Å². The minimum absolute atomic E-state index is 0.0131. The van der Waals surface area contributed by atoms with E-state index in [1.165, 1.54) is 0 Å². The monoisotopic (exact) mass is 276 g/mol. The van der Waals surface area contributed by atoms with Crippen LogP contribution in [0, 0.1) is 0 Å². The zero-order valence-electron chi connectivity index (χ0n) is 11.2. The summed E-state index contributed by atoms with van der Waals surface area (Å²) in [5, 5.41) is 11.6. The van der Waals surface area contributed by atoms with Gasteiger partial charge in [-0.1, -0.05) is 6.07 Å². The second-order valence-corrected chi connectivity index (χ2v) is 4.79. The molecule has 1 saturated heterocycles. The van der Waals surface area contributed by atoms with E-state index in [0.717, 1.165) is 5.56 Å². The molecule has 0 bridgehead atoms. The molecule has 2 N–H and O–H groups in total. The van der Waals surface area contributed by atoms with Crippen molar-refractivity contribution in [2.75, 3.05) is 7.05 Å². The summed E-state index contributed by atoms with van der Waals surface area (Å²) >= 11 is 0. The second kappa shape index (κ2) is 5.73. The Bertz CT molecular complexity index is 554. The number of phenols is 1. The van der Waals surface area contributed by atoms with E-state index in [4.69, 9.17) is 0 Å². The van der Waals surface area contributed by atoms with Crippen molar-refractivity contribution in [2.24, 2.45) is 0 Å². The van der Waals surface area contributed by atoms with Crippen LogP contribution >= 0.6 is 0 Å². The van der Waals surface area contributed by atoms with E-state index in [1.54, 1.807) is 30.1 Å². The number of phenolic OH excluding ortho intramolecular Hbond substituents is 1. The van der Waals surface area contributed by atoms with Crippen molar-refractivity contribution in [1.29, 1.82) is 0 Å². The minimum Gasteiger partial charge on any atom is -0.508 e. The van der Waals surface area contributed by atoms with Gasteiger partial charge in [0, 0.05) is 31.0 Å². The number of rotatable bonds is 0. The summed E-state index contributed by atoms with van der Waals surface area (Å²) in [6.07, 6.45) is 1.72. The van der Waals surface area contributed by atoms with Crippen LogP contribution in [0.25, 0.3) is 0 Å². The topological polar surface area (TPSA) is 86.7 Å². The lowest BCUT2D eigenvalue weighted by molar-refractivity contribution is -0.132. The van der Waals surface area contributed by atoms with Gasteiger partial charge in [0.05, 0.1) is 6.54 Å². The normalized spacial score (nSPS) is 17.2. The summed E-state index contributed by atoms with van der Waals surface area (Å²) in [5.41, 5.74) is 1.36. The van der Waals surface area contributed by atoms with Crippen molar-refractivity contribution in [3.05, 3.63) is 29.3 Å². The van der Waals surface area contributed by atoms with Crippen LogP contribution in [0.3, 0.4) is 0 Å². The van der Waals surface area contributed by atoms with E-state index in [-0.39, 0.29) is 23.5 Å². The molecule has 3 rings (SSSR count). The molecule has 2 aliphatic rings. The van der Waals surface area contributed by atoms with Crippen molar-refractivity contribution in [3.8, 4) is 5.75 Å². The molecule has 3 amide bonds. The van der Waals surface area contributed by atoms with Crippen LogP contribution in [0.1, 0.15) is 35.2 Å². The van der Waals surface area contributed by atoms with Gasteiger partial charge in [-0.25, -0.2) is 0 Å². The van der Waals surface area contributed by atoms with Crippen LogP contribution in [0.5, 0.6) is 5.75 Å². The minimum atomic E-state index is -0.138. The second-order valence-electron chi connectivity index (χ2n) is 4.79. The van der Waals surface area contributed by atoms with Crippen molar-refractivity contribution in [3.63, 3.8) is 0 Å². The number of hydrogen-bond donors (Lipinski definition) is 2. The molecule has 20 heavy (non-hydrogen) atoms. The molecule has 0 unspecified atom stereocenters. The summed E-state index contributed by atoms with van der Waals surface area (Å²) in [5.74, 6) is -0.0754. The molecule has 1 fully saturated rings. The smallest absolute Gasteiger partial charge is 0.254 e. The third kappa shape index (κ3) is 2.96. The van der Waals surface area contributed by atoms with Crippen LogP contribution < -0.4 is 5.32 Å². The Balaban J connectivity index is 0.000000160. The first-order chi connectivity index (χ1) is 9.49. The van der Waals surface area contributed by atoms with Gasteiger partial charge < -0.3 is 10.0 Å². The van der Waals surface area contributed by atoms with Crippen molar-refractivity contribution in [1.82, 2.24) is 10.2 Å². The number of nitrogens with one attached hydrogen (secondary N) is 1. The number of carbonyl (C=O) groups excluding carboxylic acids is 3. The summed E-state index contributed by atoms with van der Waals surface area (Å²) < 4.78 is 0. The number of hydrogen-bond acceptors (Lipinski definition) is 4. The van der Waals surface area contributed by atoms with Gasteiger partial charge in [-0.2, -0.15) is 0 Å². The summed E-state index contributed by atoms with van der Waals surface area (Å²) in [6.45, 7) is 0.515. The number of aromatic hydroxyl groups is 1. The van der Waals surface area contributed by atoms with Crippen molar-refractivity contribution < 1.29 is 19.5 Å².